The number of carbonyl (C=O) groups is 1. The molecular weight excluding hydrogens is 382 g/mol. The van der Waals surface area contributed by atoms with Gasteiger partial charge in [-0.25, -0.2) is 4.98 Å². The predicted octanol–water partition coefficient (Wildman–Crippen LogP) is 5.29. The summed E-state index contributed by atoms with van der Waals surface area (Å²) in [6.07, 6.45) is 1.87. The molecule has 1 amide bonds. The molecule has 4 rings (SSSR count). The Kier molecular flexibility index (Phi) is 4.59. The van der Waals surface area contributed by atoms with E-state index in [1.807, 2.05) is 43.5 Å². The summed E-state index contributed by atoms with van der Waals surface area (Å²) < 4.78 is 6.99. The summed E-state index contributed by atoms with van der Waals surface area (Å²) in [5, 5.41) is 5.31. The molecule has 2 aromatic heterocycles. The maximum absolute atomic E-state index is 12.8. The number of nitrogens with one attached hydrogen (secondary N) is 1. The van der Waals surface area contributed by atoms with Crippen LogP contribution in [0.2, 0.25) is 5.02 Å². The molecule has 136 valence electrons. The summed E-state index contributed by atoms with van der Waals surface area (Å²) in [5.41, 5.74) is 3.94. The molecule has 1 N–H and O–H groups in total. The van der Waals surface area contributed by atoms with Crippen molar-refractivity contribution in [1.29, 1.82) is 0 Å². The van der Waals surface area contributed by atoms with Crippen LogP contribution in [-0.2, 0) is 0 Å². The lowest BCUT2D eigenvalue weighted by Crippen LogP contribution is -2.14. The van der Waals surface area contributed by atoms with Gasteiger partial charge in [-0.05, 0) is 48.9 Å². The Morgan fingerprint density at radius 1 is 1.22 bits per heavy atom. The van der Waals surface area contributed by atoms with Gasteiger partial charge in [-0.3, -0.25) is 9.20 Å². The average molecular weight is 398 g/mol. The lowest BCUT2D eigenvalue weighted by molar-refractivity contribution is 0.102. The number of imidazole rings is 1. The van der Waals surface area contributed by atoms with E-state index in [-0.39, 0.29) is 5.91 Å². The lowest BCUT2D eigenvalue weighted by atomic mass is 10.2. The number of methoxy groups -OCH3 is 1. The van der Waals surface area contributed by atoms with Gasteiger partial charge in [0.15, 0.2) is 4.96 Å². The second kappa shape index (κ2) is 7.06. The van der Waals surface area contributed by atoms with Crippen molar-refractivity contribution >= 4 is 39.5 Å². The first kappa shape index (κ1) is 17.6. The number of fused-ring (bicyclic) bond motifs is 1. The SMILES string of the molecule is COc1ccc(-c2cn3c(C(=O)Nc4cc(Cl)ccc4C)csc3n2)cc1. The Morgan fingerprint density at radius 2 is 2.00 bits per heavy atom. The molecule has 5 nitrogen and oxygen atoms in total. The second-order valence-corrected chi connectivity index (χ2v) is 7.31. The molecule has 0 fully saturated rings. The van der Waals surface area contributed by atoms with Crippen LogP contribution in [0.1, 0.15) is 16.1 Å². The highest BCUT2D eigenvalue weighted by atomic mass is 35.5. The molecule has 2 aromatic carbocycles. The van der Waals surface area contributed by atoms with E-state index in [1.165, 1.54) is 11.3 Å². The Hall–Kier alpha value is -2.83. The number of thiazole rings is 1. The third kappa shape index (κ3) is 3.41. The van der Waals surface area contributed by atoms with Crippen molar-refractivity contribution in [2.45, 2.75) is 6.92 Å². The number of aryl methyl sites for hydroxylation is 1. The van der Waals surface area contributed by atoms with E-state index in [4.69, 9.17) is 16.3 Å². The number of halogens is 1. The summed E-state index contributed by atoms with van der Waals surface area (Å²) in [6, 6.07) is 13.1. The predicted molar refractivity (Wildman–Crippen MR) is 109 cm³/mol. The molecule has 0 radical (unpaired) electrons. The van der Waals surface area contributed by atoms with Gasteiger partial charge in [0.2, 0.25) is 0 Å². The lowest BCUT2D eigenvalue weighted by Gasteiger charge is -2.08. The highest BCUT2D eigenvalue weighted by Crippen LogP contribution is 2.26. The Bertz CT molecular complexity index is 1130. The number of ether oxygens (including phenoxy) is 1. The number of nitrogens with zero attached hydrogens (tertiary/aromatic N) is 2. The van der Waals surface area contributed by atoms with Crippen molar-refractivity contribution in [2.75, 3.05) is 12.4 Å². The molecule has 7 heteroatoms. The zero-order valence-corrected chi connectivity index (χ0v) is 16.3. The Morgan fingerprint density at radius 3 is 2.74 bits per heavy atom. The number of aromatic nitrogens is 2. The number of hydrogen-bond donors (Lipinski definition) is 1. The number of amides is 1. The monoisotopic (exact) mass is 397 g/mol. The highest BCUT2D eigenvalue weighted by Gasteiger charge is 2.16. The van der Waals surface area contributed by atoms with Gasteiger partial charge < -0.3 is 10.1 Å². The van der Waals surface area contributed by atoms with Crippen molar-refractivity contribution in [3.63, 3.8) is 0 Å². The molecule has 0 saturated heterocycles. The van der Waals surface area contributed by atoms with Crippen LogP contribution in [0.25, 0.3) is 16.2 Å². The smallest absolute Gasteiger partial charge is 0.273 e. The number of benzene rings is 2. The van der Waals surface area contributed by atoms with Crippen molar-refractivity contribution in [3.05, 3.63) is 70.3 Å². The quantitative estimate of drug-likeness (QED) is 0.509. The average Bonchev–Trinajstić information content (AvgIpc) is 3.25. The van der Waals surface area contributed by atoms with Gasteiger partial charge >= 0.3 is 0 Å². The van der Waals surface area contributed by atoms with Gasteiger partial charge in [0.25, 0.3) is 5.91 Å². The minimum Gasteiger partial charge on any atom is -0.497 e. The van der Waals surface area contributed by atoms with Gasteiger partial charge in [0.05, 0.1) is 12.8 Å². The number of rotatable bonds is 4. The van der Waals surface area contributed by atoms with Gasteiger partial charge in [-0.1, -0.05) is 17.7 Å². The molecule has 0 aliphatic carbocycles. The van der Waals surface area contributed by atoms with Crippen molar-refractivity contribution in [3.8, 4) is 17.0 Å². The van der Waals surface area contributed by atoms with E-state index < -0.39 is 0 Å². The van der Waals surface area contributed by atoms with E-state index in [9.17, 15) is 4.79 Å². The minimum atomic E-state index is -0.203. The zero-order valence-electron chi connectivity index (χ0n) is 14.7. The van der Waals surface area contributed by atoms with Gasteiger partial charge in [-0.15, -0.1) is 11.3 Å². The van der Waals surface area contributed by atoms with Crippen LogP contribution >= 0.6 is 22.9 Å². The molecule has 27 heavy (non-hydrogen) atoms. The normalized spacial score (nSPS) is 10.9. The van der Waals surface area contributed by atoms with Crippen LogP contribution in [0.5, 0.6) is 5.75 Å². The van der Waals surface area contributed by atoms with E-state index in [1.54, 1.807) is 29.0 Å². The molecule has 0 unspecified atom stereocenters. The minimum absolute atomic E-state index is 0.203. The molecule has 4 aromatic rings. The van der Waals surface area contributed by atoms with Crippen LogP contribution in [0, 0.1) is 6.92 Å². The van der Waals surface area contributed by atoms with Crippen LogP contribution < -0.4 is 10.1 Å². The van der Waals surface area contributed by atoms with Crippen molar-refractivity contribution < 1.29 is 9.53 Å². The summed E-state index contributed by atoms with van der Waals surface area (Å²) in [4.78, 5) is 18.1. The molecular formula is C20H16ClN3O2S. The molecule has 0 bridgehead atoms. The summed E-state index contributed by atoms with van der Waals surface area (Å²) in [5.74, 6) is 0.585. The topological polar surface area (TPSA) is 55.6 Å². The first-order valence-corrected chi connectivity index (χ1v) is 9.49. The molecule has 0 aliphatic rings. The molecule has 0 aliphatic heterocycles. The molecule has 0 saturated carbocycles. The molecule has 2 heterocycles. The first-order chi connectivity index (χ1) is 13.0. The largest absolute Gasteiger partial charge is 0.497 e. The number of hydrogen-bond acceptors (Lipinski definition) is 4. The fourth-order valence-corrected chi connectivity index (χ4v) is 3.79. The molecule has 0 atom stereocenters. The maximum atomic E-state index is 12.8. The van der Waals surface area contributed by atoms with Crippen LogP contribution in [0.4, 0.5) is 5.69 Å². The Labute approximate surface area is 165 Å². The summed E-state index contributed by atoms with van der Waals surface area (Å²) in [7, 11) is 1.63. The van der Waals surface area contributed by atoms with Crippen LogP contribution in [0.15, 0.2) is 54.0 Å². The van der Waals surface area contributed by atoms with Crippen molar-refractivity contribution in [2.24, 2.45) is 0 Å². The van der Waals surface area contributed by atoms with Crippen LogP contribution in [-0.4, -0.2) is 22.4 Å². The Balaban J connectivity index is 1.65. The zero-order chi connectivity index (χ0) is 19.0. The fraction of sp³-hybridized carbons (Fsp3) is 0.100. The maximum Gasteiger partial charge on any atom is 0.273 e. The summed E-state index contributed by atoms with van der Waals surface area (Å²) >= 11 is 7.46. The second-order valence-electron chi connectivity index (χ2n) is 6.04. The highest BCUT2D eigenvalue weighted by molar-refractivity contribution is 7.15. The third-order valence-electron chi connectivity index (χ3n) is 4.28. The van der Waals surface area contributed by atoms with Crippen LogP contribution in [0.3, 0.4) is 0 Å². The fourth-order valence-electron chi connectivity index (χ4n) is 2.76. The van der Waals surface area contributed by atoms with Gasteiger partial charge in [0.1, 0.15) is 11.4 Å². The molecule has 0 spiro atoms. The van der Waals surface area contributed by atoms with Crippen molar-refractivity contribution in [1.82, 2.24) is 9.38 Å². The van der Waals surface area contributed by atoms with Gasteiger partial charge in [-0.2, -0.15) is 0 Å². The van der Waals surface area contributed by atoms with E-state index in [2.05, 4.69) is 10.3 Å². The van der Waals surface area contributed by atoms with E-state index >= 15 is 0 Å². The van der Waals surface area contributed by atoms with Gasteiger partial charge in [0, 0.05) is 27.9 Å². The standard InChI is InChI=1S/C20H16ClN3O2S/c1-12-3-6-14(21)9-16(12)22-19(25)18-11-27-20-23-17(10-24(18)20)13-4-7-15(26-2)8-5-13/h3-11H,1-2H3,(H,22,25). The number of carbonyl (C=O) groups excluding carboxylic acids is 1. The van der Waals surface area contributed by atoms with E-state index in [0.29, 0.717) is 16.4 Å². The summed E-state index contributed by atoms with van der Waals surface area (Å²) in [6.45, 7) is 1.92. The number of anilines is 1. The third-order valence-corrected chi connectivity index (χ3v) is 5.35. The first-order valence-electron chi connectivity index (χ1n) is 8.23. The van der Waals surface area contributed by atoms with E-state index in [0.717, 1.165) is 27.5 Å².